The van der Waals surface area contributed by atoms with Gasteiger partial charge in [-0.3, -0.25) is 14.5 Å². The summed E-state index contributed by atoms with van der Waals surface area (Å²) in [6, 6.07) is 16.5. The Morgan fingerprint density at radius 2 is 1.72 bits per heavy atom. The zero-order valence-electron chi connectivity index (χ0n) is 21.4. The third-order valence-corrected chi connectivity index (χ3v) is 9.14. The Kier molecular flexibility index (Phi) is 7.05. The van der Waals surface area contributed by atoms with E-state index in [0.29, 0.717) is 16.4 Å². The van der Waals surface area contributed by atoms with E-state index in [9.17, 15) is 14.4 Å². The maximum absolute atomic E-state index is 13.5. The Bertz CT molecular complexity index is 1310. The number of ether oxygens (including phenoxy) is 1. The second-order valence-electron chi connectivity index (χ2n) is 10.2. The van der Waals surface area contributed by atoms with Crippen LogP contribution in [0.4, 0.5) is 10.5 Å². The van der Waals surface area contributed by atoms with Gasteiger partial charge in [0.25, 0.3) is 5.91 Å². The Hall–Kier alpha value is -3.76. The normalized spacial score (nSPS) is 27.4. The molecule has 1 saturated carbocycles. The number of hydrogen-bond donors (Lipinski definition) is 4. The van der Waals surface area contributed by atoms with Crippen molar-refractivity contribution in [2.75, 3.05) is 11.4 Å². The number of amides is 4. The van der Waals surface area contributed by atoms with Crippen LogP contribution in [0.3, 0.4) is 0 Å². The second kappa shape index (κ2) is 10.8. The molecule has 0 radical (unpaired) electrons. The molecule has 3 unspecified atom stereocenters. The van der Waals surface area contributed by atoms with E-state index in [1.54, 1.807) is 0 Å². The van der Waals surface area contributed by atoms with Gasteiger partial charge < -0.3 is 26.0 Å². The van der Waals surface area contributed by atoms with E-state index in [1.165, 1.54) is 17.8 Å². The quantitative estimate of drug-likeness (QED) is 0.396. The molecule has 6 rings (SSSR count). The molecule has 4 amide bonds. The van der Waals surface area contributed by atoms with Crippen LogP contribution in [0.5, 0.6) is 11.5 Å². The number of rotatable bonds is 7. The summed E-state index contributed by atoms with van der Waals surface area (Å²) >= 11 is 1.48. The van der Waals surface area contributed by atoms with Crippen molar-refractivity contribution in [2.45, 2.75) is 49.2 Å². The molecule has 9 nitrogen and oxygen atoms in total. The van der Waals surface area contributed by atoms with Gasteiger partial charge in [0.1, 0.15) is 11.5 Å². The standard InChI is InChI=1S/C29H31N5O4S/c1-2-23(35)31-20-9-6-10-21(20)32-27(36)26-25-24-22(15-16-30-28(24)39-26)34(29(37)33-25)17-11-13-19(14-12-17)38-18-7-4-3-5-8-18/h2-5,7-8,11-14,20-22,24,28,30H,1,6,9-10,15-16H2,(H,31,35)(H,32,36)(H,33,37)/t20-,21+,22?,24?,28?/m1/s1. The first-order valence-corrected chi connectivity index (χ1v) is 14.2. The minimum Gasteiger partial charge on any atom is -0.457 e. The molecule has 2 aromatic rings. The molecular formula is C29H31N5O4S. The van der Waals surface area contributed by atoms with Gasteiger partial charge in [-0.1, -0.05) is 36.5 Å². The highest BCUT2D eigenvalue weighted by atomic mass is 32.2. The predicted molar refractivity (Wildman–Crippen MR) is 150 cm³/mol. The molecule has 0 bridgehead atoms. The van der Waals surface area contributed by atoms with Crippen LogP contribution in [-0.2, 0) is 9.59 Å². The van der Waals surface area contributed by atoms with Crippen molar-refractivity contribution in [3.05, 3.63) is 77.9 Å². The Labute approximate surface area is 231 Å². The molecule has 2 aromatic carbocycles. The van der Waals surface area contributed by atoms with Crippen LogP contribution in [0.2, 0.25) is 0 Å². The first-order chi connectivity index (χ1) is 19.0. The van der Waals surface area contributed by atoms with E-state index in [2.05, 4.69) is 27.8 Å². The number of hydrogen-bond acceptors (Lipinski definition) is 6. The maximum Gasteiger partial charge on any atom is 0.326 e. The third-order valence-electron chi connectivity index (χ3n) is 7.79. The fourth-order valence-corrected chi connectivity index (χ4v) is 7.40. The molecule has 2 saturated heterocycles. The van der Waals surface area contributed by atoms with E-state index in [0.717, 1.165) is 43.7 Å². The lowest BCUT2D eigenvalue weighted by Gasteiger charge is -2.45. The summed E-state index contributed by atoms with van der Waals surface area (Å²) in [7, 11) is 0. The lowest BCUT2D eigenvalue weighted by Crippen LogP contribution is -2.62. The fourth-order valence-electron chi connectivity index (χ4n) is 6.00. The van der Waals surface area contributed by atoms with Gasteiger partial charge in [0, 0.05) is 29.4 Å². The number of thioether (sulfide) groups is 1. The highest BCUT2D eigenvalue weighted by Crippen LogP contribution is 2.48. The van der Waals surface area contributed by atoms with E-state index in [-0.39, 0.29) is 47.3 Å². The average molecular weight is 546 g/mol. The van der Waals surface area contributed by atoms with Crippen LogP contribution in [0.1, 0.15) is 25.7 Å². The summed E-state index contributed by atoms with van der Waals surface area (Å²) in [6.07, 6.45) is 4.53. The highest BCUT2D eigenvalue weighted by Gasteiger charge is 2.52. The zero-order chi connectivity index (χ0) is 26.9. The number of carbonyl (C=O) groups is 3. The fraction of sp³-hybridized carbons (Fsp3) is 0.345. The predicted octanol–water partition coefficient (Wildman–Crippen LogP) is 3.61. The number of carbonyl (C=O) groups excluding carboxylic acids is 3. The molecule has 202 valence electrons. The first-order valence-electron chi connectivity index (χ1n) is 13.3. The molecule has 0 spiro atoms. The Balaban J connectivity index is 1.20. The summed E-state index contributed by atoms with van der Waals surface area (Å²) in [5.41, 5.74) is 1.47. The van der Waals surface area contributed by atoms with Crippen molar-refractivity contribution in [1.29, 1.82) is 0 Å². The maximum atomic E-state index is 13.5. The van der Waals surface area contributed by atoms with E-state index in [4.69, 9.17) is 4.74 Å². The molecule has 10 heteroatoms. The average Bonchev–Trinajstić information content (AvgIpc) is 3.54. The van der Waals surface area contributed by atoms with Gasteiger partial charge in [-0.15, -0.1) is 0 Å². The van der Waals surface area contributed by atoms with Gasteiger partial charge in [0.15, 0.2) is 0 Å². The van der Waals surface area contributed by atoms with E-state index < -0.39 is 0 Å². The molecule has 0 aromatic heterocycles. The highest BCUT2D eigenvalue weighted by molar-refractivity contribution is 8.04. The molecule has 3 heterocycles. The molecule has 1 aliphatic carbocycles. The van der Waals surface area contributed by atoms with Gasteiger partial charge in [0.2, 0.25) is 5.91 Å². The number of nitrogens with one attached hydrogen (secondary N) is 4. The van der Waals surface area contributed by atoms with Gasteiger partial charge in [-0.05, 0) is 74.7 Å². The molecule has 5 atom stereocenters. The Morgan fingerprint density at radius 3 is 2.46 bits per heavy atom. The zero-order valence-corrected chi connectivity index (χ0v) is 22.2. The largest absolute Gasteiger partial charge is 0.457 e. The van der Waals surface area contributed by atoms with E-state index >= 15 is 0 Å². The van der Waals surface area contributed by atoms with Crippen molar-refractivity contribution < 1.29 is 19.1 Å². The molecule has 3 aliphatic heterocycles. The third kappa shape index (κ3) is 5.02. The van der Waals surface area contributed by atoms with Crippen molar-refractivity contribution in [2.24, 2.45) is 5.92 Å². The number of anilines is 1. The van der Waals surface area contributed by atoms with Crippen LogP contribution in [-0.4, -0.2) is 47.9 Å². The van der Waals surface area contributed by atoms with Crippen LogP contribution >= 0.6 is 11.8 Å². The van der Waals surface area contributed by atoms with Gasteiger partial charge >= 0.3 is 6.03 Å². The molecule has 4 aliphatic rings. The van der Waals surface area contributed by atoms with Gasteiger partial charge in [-0.2, -0.15) is 0 Å². The first kappa shape index (κ1) is 25.5. The lowest BCUT2D eigenvalue weighted by molar-refractivity contribution is -0.119. The second-order valence-corrected chi connectivity index (χ2v) is 11.3. The van der Waals surface area contributed by atoms with Crippen LogP contribution in [0, 0.1) is 5.92 Å². The summed E-state index contributed by atoms with van der Waals surface area (Å²) in [5.74, 6) is 0.956. The Morgan fingerprint density at radius 1 is 1.00 bits per heavy atom. The van der Waals surface area contributed by atoms with Crippen LogP contribution < -0.4 is 30.9 Å². The number of nitrogens with zero attached hydrogens (tertiary/aromatic N) is 1. The summed E-state index contributed by atoms with van der Waals surface area (Å²) < 4.78 is 5.92. The minimum absolute atomic E-state index is 0.0110. The summed E-state index contributed by atoms with van der Waals surface area (Å²) in [4.78, 5) is 41.1. The number of benzene rings is 2. The molecular weight excluding hydrogens is 514 g/mol. The number of piperidine rings is 1. The van der Waals surface area contributed by atoms with Crippen LogP contribution in [0.25, 0.3) is 0 Å². The summed E-state index contributed by atoms with van der Waals surface area (Å²) in [6.45, 7) is 4.26. The van der Waals surface area contributed by atoms with Gasteiger partial charge in [0.05, 0.1) is 16.3 Å². The molecule has 4 N–H and O–H groups in total. The number of urea groups is 1. The topological polar surface area (TPSA) is 112 Å². The van der Waals surface area contributed by atoms with Gasteiger partial charge in [-0.25, -0.2) is 4.79 Å². The lowest BCUT2D eigenvalue weighted by atomic mass is 9.86. The van der Waals surface area contributed by atoms with E-state index in [1.807, 2.05) is 59.5 Å². The van der Waals surface area contributed by atoms with Crippen molar-refractivity contribution in [1.82, 2.24) is 21.3 Å². The van der Waals surface area contributed by atoms with Crippen LogP contribution in [0.15, 0.2) is 77.9 Å². The smallest absolute Gasteiger partial charge is 0.326 e. The minimum atomic E-state index is -0.242. The van der Waals surface area contributed by atoms with Crippen molar-refractivity contribution in [3.8, 4) is 11.5 Å². The monoisotopic (exact) mass is 545 g/mol. The van der Waals surface area contributed by atoms with Crippen molar-refractivity contribution in [3.63, 3.8) is 0 Å². The SMILES string of the molecule is C=CC(=O)N[C@@H]1CCC[C@@H]1NC(=O)C1=C2NC(=O)N(c3ccc(Oc4ccccc4)cc3)C3CCNC(S1)C23. The molecule has 39 heavy (non-hydrogen) atoms. The number of para-hydroxylation sites is 1. The molecule has 3 fully saturated rings. The van der Waals surface area contributed by atoms with Crippen molar-refractivity contribution >= 4 is 35.3 Å². The summed E-state index contributed by atoms with van der Waals surface area (Å²) in [5, 5.41) is 12.6.